The number of nitrogens with one attached hydrogen (secondary N) is 2. The van der Waals surface area contributed by atoms with E-state index in [2.05, 4.69) is 55.7 Å². The smallest absolute Gasteiger partial charge is 0.191 e. The van der Waals surface area contributed by atoms with Gasteiger partial charge in [0.05, 0.1) is 6.54 Å². The Kier molecular flexibility index (Phi) is 6.21. The van der Waals surface area contributed by atoms with Crippen LogP contribution in [-0.2, 0) is 19.5 Å². The van der Waals surface area contributed by atoms with Crippen LogP contribution in [0.25, 0.3) is 0 Å². The van der Waals surface area contributed by atoms with E-state index in [1.807, 2.05) is 6.07 Å². The summed E-state index contributed by atoms with van der Waals surface area (Å²) >= 11 is 1.73. The van der Waals surface area contributed by atoms with Gasteiger partial charge in [-0.1, -0.05) is 13.0 Å². The summed E-state index contributed by atoms with van der Waals surface area (Å²) in [5.41, 5.74) is 0. The first-order chi connectivity index (χ1) is 10.3. The van der Waals surface area contributed by atoms with Gasteiger partial charge in [0.1, 0.15) is 12.2 Å². The molecule has 114 valence electrons. The highest BCUT2D eigenvalue weighted by Crippen LogP contribution is 2.09. The molecule has 0 aliphatic heterocycles. The third kappa shape index (κ3) is 4.86. The lowest BCUT2D eigenvalue weighted by Crippen LogP contribution is -2.38. The topological polar surface area (TPSA) is 67.1 Å². The zero-order chi connectivity index (χ0) is 14.9. The van der Waals surface area contributed by atoms with Crippen LogP contribution in [0.4, 0.5) is 0 Å². The molecule has 0 saturated heterocycles. The van der Waals surface area contributed by atoms with E-state index in [-0.39, 0.29) is 0 Å². The molecule has 2 aromatic heterocycles. The molecule has 0 aromatic carbocycles. The van der Waals surface area contributed by atoms with E-state index in [0.717, 1.165) is 37.8 Å². The lowest BCUT2D eigenvalue weighted by molar-refractivity contribution is 0.633. The fraction of sp³-hybridized carbons (Fsp3) is 0.500. The second-order valence-corrected chi connectivity index (χ2v) is 5.53. The number of rotatable bonds is 7. The zero-order valence-corrected chi connectivity index (χ0v) is 13.4. The van der Waals surface area contributed by atoms with Gasteiger partial charge in [-0.2, -0.15) is 0 Å². The predicted octanol–water partition coefficient (Wildman–Crippen LogP) is 1.66. The van der Waals surface area contributed by atoms with Crippen LogP contribution >= 0.6 is 11.3 Å². The lowest BCUT2D eigenvalue weighted by atomic mass is 10.4. The molecule has 2 N–H and O–H groups in total. The highest BCUT2D eigenvalue weighted by molar-refractivity contribution is 7.09. The van der Waals surface area contributed by atoms with Crippen molar-refractivity contribution < 1.29 is 0 Å². The van der Waals surface area contributed by atoms with Crippen molar-refractivity contribution in [2.24, 2.45) is 4.99 Å². The van der Waals surface area contributed by atoms with E-state index in [4.69, 9.17) is 0 Å². The Bertz CT molecular complexity index is 546. The van der Waals surface area contributed by atoms with Crippen molar-refractivity contribution in [2.45, 2.75) is 33.4 Å². The van der Waals surface area contributed by atoms with Crippen LogP contribution in [0.2, 0.25) is 0 Å². The molecule has 0 fully saturated rings. The van der Waals surface area contributed by atoms with Gasteiger partial charge in [-0.3, -0.25) is 0 Å². The lowest BCUT2D eigenvalue weighted by Gasteiger charge is -2.12. The fourth-order valence-electron chi connectivity index (χ4n) is 1.94. The van der Waals surface area contributed by atoms with Gasteiger partial charge in [-0.05, 0) is 18.4 Å². The first-order valence-electron chi connectivity index (χ1n) is 7.24. The number of hydrogen-bond donors (Lipinski definition) is 2. The average Bonchev–Trinajstić information content (AvgIpc) is 3.16. The number of thiophene rings is 1. The minimum Gasteiger partial charge on any atom is -0.357 e. The minimum atomic E-state index is 0.708. The van der Waals surface area contributed by atoms with Crippen molar-refractivity contribution in [3.8, 4) is 0 Å². The molecule has 6 nitrogen and oxygen atoms in total. The van der Waals surface area contributed by atoms with Gasteiger partial charge in [0.25, 0.3) is 0 Å². The number of nitrogens with zero attached hydrogens (tertiary/aromatic N) is 4. The number of aromatic nitrogens is 3. The van der Waals surface area contributed by atoms with Crippen LogP contribution < -0.4 is 10.6 Å². The van der Waals surface area contributed by atoms with E-state index < -0.39 is 0 Å². The van der Waals surface area contributed by atoms with Gasteiger partial charge in [-0.15, -0.1) is 21.5 Å². The molecule has 2 rings (SSSR count). The van der Waals surface area contributed by atoms with Crippen LogP contribution in [0.1, 0.15) is 24.5 Å². The summed E-state index contributed by atoms with van der Waals surface area (Å²) in [6.07, 6.45) is 2.67. The third-order valence-corrected chi connectivity index (χ3v) is 3.84. The molecule has 7 heteroatoms. The van der Waals surface area contributed by atoms with Gasteiger partial charge in [-0.25, -0.2) is 4.99 Å². The molecular formula is C14H22N6S. The van der Waals surface area contributed by atoms with Crippen molar-refractivity contribution >= 4 is 17.3 Å². The molecule has 0 aliphatic rings. The average molecular weight is 306 g/mol. The normalized spacial score (nSPS) is 11.6. The second kappa shape index (κ2) is 8.41. The van der Waals surface area contributed by atoms with E-state index in [1.165, 1.54) is 4.88 Å². The molecule has 2 aromatic rings. The molecular weight excluding hydrogens is 284 g/mol. The monoisotopic (exact) mass is 306 g/mol. The molecule has 0 saturated carbocycles. The second-order valence-electron chi connectivity index (χ2n) is 4.50. The predicted molar refractivity (Wildman–Crippen MR) is 86.5 cm³/mol. The summed E-state index contributed by atoms with van der Waals surface area (Å²) in [5, 5.41) is 16.7. The first kappa shape index (κ1) is 15.5. The van der Waals surface area contributed by atoms with Gasteiger partial charge in [0.15, 0.2) is 5.96 Å². The van der Waals surface area contributed by atoms with Gasteiger partial charge in [0, 0.05) is 30.9 Å². The summed E-state index contributed by atoms with van der Waals surface area (Å²) in [6, 6.07) is 4.15. The Morgan fingerprint density at radius 1 is 1.38 bits per heavy atom. The number of guanidine groups is 1. The Balaban J connectivity index is 1.83. The quantitative estimate of drug-likeness (QED) is 0.603. The van der Waals surface area contributed by atoms with Crippen LogP contribution in [0, 0.1) is 0 Å². The Morgan fingerprint density at radius 2 is 2.29 bits per heavy atom. The number of hydrogen-bond acceptors (Lipinski definition) is 4. The Hall–Kier alpha value is -1.89. The highest BCUT2D eigenvalue weighted by Gasteiger charge is 2.02. The molecule has 0 amide bonds. The van der Waals surface area contributed by atoms with E-state index in [0.29, 0.717) is 6.54 Å². The van der Waals surface area contributed by atoms with E-state index >= 15 is 0 Å². The van der Waals surface area contributed by atoms with Gasteiger partial charge >= 0.3 is 0 Å². The SMILES string of the molecule is CCNC(=NCc1cccs1)NCCn1cnnc1CC. The maximum Gasteiger partial charge on any atom is 0.191 e. The van der Waals surface area contributed by atoms with Crippen LogP contribution in [0.5, 0.6) is 0 Å². The first-order valence-corrected chi connectivity index (χ1v) is 8.12. The molecule has 2 heterocycles. The highest BCUT2D eigenvalue weighted by atomic mass is 32.1. The minimum absolute atomic E-state index is 0.708. The third-order valence-electron chi connectivity index (χ3n) is 2.97. The van der Waals surface area contributed by atoms with Crippen molar-refractivity contribution in [3.05, 3.63) is 34.5 Å². The summed E-state index contributed by atoms with van der Waals surface area (Å²) < 4.78 is 2.07. The van der Waals surface area contributed by atoms with E-state index in [1.54, 1.807) is 17.7 Å². The summed E-state index contributed by atoms with van der Waals surface area (Å²) in [7, 11) is 0. The summed E-state index contributed by atoms with van der Waals surface area (Å²) in [6.45, 7) is 7.33. The number of aliphatic imine (C=N–C) groups is 1. The Labute approximate surface area is 129 Å². The van der Waals surface area contributed by atoms with Gasteiger partial charge < -0.3 is 15.2 Å². The van der Waals surface area contributed by atoms with Gasteiger partial charge in [0.2, 0.25) is 0 Å². The van der Waals surface area contributed by atoms with Crippen LogP contribution in [0.3, 0.4) is 0 Å². The molecule has 21 heavy (non-hydrogen) atoms. The van der Waals surface area contributed by atoms with Crippen LogP contribution in [0.15, 0.2) is 28.8 Å². The standard InChI is InChI=1S/C14H22N6S/c1-3-13-19-18-11-20(13)8-7-16-14(15-4-2)17-10-12-6-5-9-21-12/h5-6,9,11H,3-4,7-8,10H2,1-2H3,(H2,15,16,17). The van der Waals surface area contributed by atoms with Crippen molar-refractivity contribution in [1.82, 2.24) is 25.4 Å². The Morgan fingerprint density at radius 3 is 3.00 bits per heavy atom. The molecule has 0 spiro atoms. The maximum atomic E-state index is 4.58. The largest absolute Gasteiger partial charge is 0.357 e. The zero-order valence-electron chi connectivity index (χ0n) is 12.5. The molecule has 0 bridgehead atoms. The summed E-state index contributed by atoms with van der Waals surface area (Å²) in [4.78, 5) is 5.84. The van der Waals surface area contributed by atoms with Crippen molar-refractivity contribution in [2.75, 3.05) is 13.1 Å². The molecule has 0 aliphatic carbocycles. The molecule has 0 radical (unpaired) electrons. The molecule has 0 atom stereocenters. The maximum absolute atomic E-state index is 4.58. The summed E-state index contributed by atoms with van der Waals surface area (Å²) in [5.74, 6) is 1.86. The van der Waals surface area contributed by atoms with E-state index in [9.17, 15) is 0 Å². The number of aryl methyl sites for hydroxylation is 1. The fourth-order valence-corrected chi connectivity index (χ4v) is 2.56. The van der Waals surface area contributed by atoms with Crippen molar-refractivity contribution in [3.63, 3.8) is 0 Å². The van der Waals surface area contributed by atoms with Crippen molar-refractivity contribution in [1.29, 1.82) is 0 Å². The molecule has 0 unspecified atom stereocenters. The van der Waals surface area contributed by atoms with Crippen LogP contribution in [-0.4, -0.2) is 33.8 Å².